The van der Waals surface area contributed by atoms with Crippen molar-refractivity contribution in [1.82, 2.24) is 4.90 Å². The molecule has 1 aliphatic carbocycles. The average molecular weight is 393 g/mol. The Morgan fingerprint density at radius 2 is 1.88 bits per heavy atom. The van der Waals surface area contributed by atoms with E-state index in [1.165, 1.54) is 18.4 Å². The Morgan fingerprint density at radius 1 is 1.19 bits per heavy atom. The normalized spacial score (nSPS) is 13.7. The van der Waals surface area contributed by atoms with Gasteiger partial charge < -0.3 is 9.64 Å². The van der Waals surface area contributed by atoms with Crippen molar-refractivity contribution in [3.8, 4) is 5.75 Å². The first-order chi connectivity index (χ1) is 12.6. The number of thioether (sulfide) groups is 1. The molecule has 0 heterocycles. The number of hydrogen-bond acceptors (Lipinski definition) is 4. The van der Waals surface area contributed by atoms with Crippen LogP contribution in [0.2, 0.25) is 0 Å². The molecule has 0 saturated carbocycles. The van der Waals surface area contributed by atoms with Crippen LogP contribution in [0.5, 0.6) is 5.75 Å². The Labute approximate surface area is 166 Å². The lowest BCUT2D eigenvalue weighted by Crippen LogP contribution is -2.34. The summed E-state index contributed by atoms with van der Waals surface area (Å²) in [6.45, 7) is 6.34. The summed E-state index contributed by atoms with van der Waals surface area (Å²) >= 11 is 6.61. The van der Waals surface area contributed by atoms with Gasteiger partial charge in [0.1, 0.15) is 10.1 Å². The maximum atomic E-state index is 13.0. The van der Waals surface area contributed by atoms with Crippen LogP contribution in [0.4, 0.5) is 10.5 Å². The topological polar surface area (TPSA) is 32.8 Å². The standard InChI is InChI=1S/C20H28N2O2S2/c1-4-21(5-2)20(25)26-19(23)22(15-16-9-7-6-8-10-16)17-11-13-18(24-3)14-12-17/h9,11-14H,4-8,10,15H2,1-3H3. The average Bonchev–Trinajstić information content (AvgIpc) is 2.68. The minimum atomic E-state index is -0.0291. The monoisotopic (exact) mass is 392 g/mol. The zero-order valence-electron chi connectivity index (χ0n) is 15.9. The molecule has 26 heavy (non-hydrogen) atoms. The van der Waals surface area contributed by atoms with Gasteiger partial charge in [-0.3, -0.25) is 9.69 Å². The molecular weight excluding hydrogens is 364 g/mol. The lowest BCUT2D eigenvalue weighted by atomic mass is 9.99. The van der Waals surface area contributed by atoms with E-state index in [0.29, 0.717) is 10.9 Å². The third-order valence-corrected chi connectivity index (χ3v) is 5.88. The highest BCUT2D eigenvalue weighted by molar-refractivity contribution is 8.32. The van der Waals surface area contributed by atoms with Gasteiger partial charge in [0.05, 0.1) is 7.11 Å². The summed E-state index contributed by atoms with van der Waals surface area (Å²) in [7, 11) is 1.64. The highest BCUT2D eigenvalue weighted by Gasteiger charge is 2.22. The fourth-order valence-corrected chi connectivity index (χ4v) is 4.24. The number of rotatable bonds is 6. The van der Waals surface area contributed by atoms with E-state index in [1.54, 1.807) is 7.11 Å². The molecule has 0 aromatic heterocycles. The van der Waals surface area contributed by atoms with Crippen LogP contribution in [-0.2, 0) is 0 Å². The predicted octanol–water partition coefficient (Wildman–Crippen LogP) is 5.48. The van der Waals surface area contributed by atoms with Crippen molar-refractivity contribution >= 4 is 39.2 Å². The van der Waals surface area contributed by atoms with E-state index >= 15 is 0 Å². The molecule has 0 N–H and O–H groups in total. The molecule has 1 aromatic rings. The van der Waals surface area contributed by atoms with Crippen molar-refractivity contribution in [3.05, 3.63) is 35.9 Å². The molecule has 2 rings (SSSR count). The number of thiocarbonyl (C=S) groups is 1. The number of carbonyl (C=O) groups is 1. The Morgan fingerprint density at radius 3 is 2.42 bits per heavy atom. The summed E-state index contributed by atoms with van der Waals surface area (Å²) in [4.78, 5) is 16.9. The van der Waals surface area contributed by atoms with E-state index in [0.717, 1.165) is 49.1 Å². The molecule has 0 spiro atoms. The summed E-state index contributed by atoms with van der Waals surface area (Å²) in [6, 6.07) is 7.64. The quantitative estimate of drug-likeness (QED) is 0.473. The van der Waals surface area contributed by atoms with Crippen molar-refractivity contribution in [1.29, 1.82) is 0 Å². The number of nitrogens with zero attached hydrogens (tertiary/aromatic N) is 2. The first kappa shape index (κ1) is 20.8. The Balaban J connectivity index is 2.19. The molecule has 0 saturated heterocycles. The van der Waals surface area contributed by atoms with Gasteiger partial charge in [-0.15, -0.1) is 0 Å². The molecule has 0 fully saturated rings. The van der Waals surface area contributed by atoms with Gasteiger partial charge >= 0.3 is 0 Å². The Hall–Kier alpha value is -1.53. The lowest BCUT2D eigenvalue weighted by Gasteiger charge is -2.27. The smallest absolute Gasteiger partial charge is 0.293 e. The van der Waals surface area contributed by atoms with Crippen molar-refractivity contribution in [2.45, 2.75) is 39.5 Å². The summed E-state index contributed by atoms with van der Waals surface area (Å²) in [5, 5.41) is -0.0291. The number of anilines is 1. The molecule has 1 amide bonds. The fourth-order valence-electron chi connectivity index (χ4n) is 2.95. The third kappa shape index (κ3) is 5.74. The van der Waals surface area contributed by atoms with Crippen LogP contribution in [0.3, 0.4) is 0 Å². The van der Waals surface area contributed by atoms with E-state index in [1.807, 2.05) is 34.1 Å². The minimum absolute atomic E-state index is 0.0291. The van der Waals surface area contributed by atoms with Crippen LogP contribution >= 0.6 is 24.0 Å². The number of allylic oxidation sites excluding steroid dienone is 1. The van der Waals surface area contributed by atoms with E-state index in [4.69, 9.17) is 17.0 Å². The Kier molecular flexibility index (Phi) is 8.45. The van der Waals surface area contributed by atoms with E-state index in [2.05, 4.69) is 19.9 Å². The van der Waals surface area contributed by atoms with Crippen LogP contribution < -0.4 is 9.64 Å². The van der Waals surface area contributed by atoms with Crippen molar-refractivity contribution < 1.29 is 9.53 Å². The number of hydrogen-bond donors (Lipinski definition) is 0. The second-order valence-electron chi connectivity index (χ2n) is 6.20. The second kappa shape index (κ2) is 10.6. The molecule has 4 nitrogen and oxygen atoms in total. The van der Waals surface area contributed by atoms with Gasteiger partial charge in [0.15, 0.2) is 0 Å². The van der Waals surface area contributed by atoms with Gasteiger partial charge in [-0.05, 0) is 63.8 Å². The highest BCUT2D eigenvalue weighted by atomic mass is 32.2. The van der Waals surface area contributed by atoms with Gasteiger partial charge in [-0.1, -0.05) is 23.9 Å². The lowest BCUT2D eigenvalue weighted by molar-refractivity contribution is 0.265. The first-order valence-electron chi connectivity index (χ1n) is 9.19. The van der Waals surface area contributed by atoms with Gasteiger partial charge in [0.2, 0.25) is 0 Å². The summed E-state index contributed by atoms with van der Waals surface area (Å²) < 4.78 is 5.87. The van der Waals surface area contributed by atoms with Gasteiger partial charge in [-0.25, -0.2) is 0 Å². The molecule has 1 aromatic carbocycles. The van der Waals surface area contributed by atoms with Gasteiger partial charge in [0, 0.05) is 37.1 Å². The minimum Gasteiger partial charge on any atom is -0.497 e. The molecule has 6 heteroatoms. The predicted molar refractivity (Wildman–Crippen MR) is 115 cm³/mol. The van der Waals surface area contributed by atoms with Crippen molar-refractivity contribution in [3.63, 3.8) is 0 Å². The SMILES string of the molecule is CCN(CC)C(=S)SC(=O)N(CC1=CCCCC1)c1ccc(OC)cc1. The van der Waals surface area contributed by atoms with Crippen LogP contribution in [0, 0.1) is 0 Å². The number of methoxy groups -OCH3 is 1. The molecule has 1 aliphatic rings. The van der Waals surface area contributed by atoms with E-state index in [-0.39, 0.29) is 5.24 Å². The molecular formula is C20H28N2O2S2. The van der Waals surface area contributed by atoms with Crippen LogP contribution in [-0.4, -0.2) is 41.2 Å². The van der Waals surface area contributed by atoms with Crippen LogP contribution in [0.25, 0.3) is 0 Å². The zero-order valence-corrected chi connectivity index (χ0v) is 17.5. The fraction of sp³-hybridized carbons (Fsp3) is 0.500. The first-order valence-corrected chi connectivity index (χ1v) is 10.4. The maximum absolute atomic E-state index is 13.0. The number of amides is 1. The highest BCUT2D eigenvalue weighted by Crippen LogP contribution is 2.27. The summed E-state index contributed by atoms with van der Waals surface area (Å²) in [6.07, 6.45) is 6.87. The largest absolute Gasteiger partial charge is 0.497 e. The molecule has 0 bridgehead atoms. The maximum Gasteiger partial charge on any atom is 0.293 e. The third-order valence-electron chi connectivity index (χ3n) is 4.55. The van der Waals surface area contributed by atoms with Crippen LogP contribution in [0.15, 0.2) is 35.9 Å². The Bertz CT molecular complexity index is 640. The van der Waals surface area contributed by atoms with Gasteiger partial charge in [-0.2, -0.15) is 0 Å². The van der Waals surface area contributed by atoms with E-state index in [9.17, 15) is 4.79 Å². The number of ether oxygens (including phenoxy) is 1. The molecule has 0 aliphatic heterocycles. The number of benzene rings is 1. The second-order valence-corrected chi connectivity index (χ2v) is 7.78. The molecule has 0 radical (unpaired) electrons. The molecule has 0 atom stereocenters. The number of carbonyl (C=O) groups excluding carboxylic acids is 1. The zero-order chi connectivity index (χ0) is 18.9. The van der Waals surface area contributed by atoms with Crippen molar-refractivity contribution in [2.75, 3.05) is 31.6 Å². The molecule has 142 valence electrons. The van der Waals surface area contributed by atoms with Crippen LogP contribution in [0.1, 0.15) is 39.5 Å². The van der Waals surface area contributed by atoms with Gasteiger partial charge in [0.25, 0.3) is 5.24 Å². The summed E-state index contributed by atoms with van der Waals surface area (Å²) in [5.74, 6) is 0.782. The summed E-state index contributed by atoms with van der Waals surface area (Å²) in [5.41, 5.74) is 2.20. The van der Waals surface area contributed by atoms with E-state index < -0.39 is 0 Å². The van der Waals surface area contributed by atoms with Crippen molar-refractivity contribution in [2.24, 2.45) is 0 Å². The molecule has 0 unspecified atom stereocenters.